The van der Waals surface area contributed by atoms with Crippen LogP contribution in [0, 0.1) is 11.8 Å². The molecule has 5 N–H and O–H groups in total. The molecule has 0 bridgehead atoms. The van der Waals surface area contributed by atoms with Crippen LogP contribution in [0.25, 0.3) is 0 Å². The van der Waals surface area contributed by atoms with E-state index in [0.29, 0.717) is 0 Å². The predicted octanol–water partition coefficient (Wildman–Crippen LogP) is -2.61. The van der Waals surface area contributed by atoms with Gasteiger partial charge in [-0.15, -0.1) is 0 Å². The monoisotopic (exact) mass is 436 g/mol. The van der Waals surface area contributed by atoms with E-state index >= 15 is 0 Å². The summed E-state index contributed by atoms with van der Waals surface area (Å²) in [5.74, 6) is -3.36. The van der Waals surface area contributed by atoms with Gasteiger partial charge in [0.05, 0.1) is 51.1 Å². The molecule has 12 nitrogen and oxygen atoms in total. The zero-order valence-corrected chi connectivity index (χ0v) is 16.8. The van der Waals surface area contributed by atoms with Gasteiger partial charge >= 0.3 is 11.9 Å². The number of carbonyl (C=O) groups is 2. The van der Waals surface area contributed by atoms with E-state index in [-0.39, 0.29) is 12.0 Å². The molecule has 0 aromatic rings. The molecule has 1 saturated heterocycles. The van der Waals surface area contributed by atoms with Crippen molar-refractivity contribution in [1.82, 2.24) is 0 Å². The third-order valence-electron chi connectivity index (χ3n) is 5.22. The number of hydrogen-bond donors (Lipinski definition) is 5. The first kappa shape index (κ1) is 24.5. The Labute approximate surface area is 172 Å². The average molecular weight is 436 g/mol. The van der Waals surface area contributed by atoms with Gasteiger partial charge in [0, 0.05) is 5.92 Å². The largest absolute Gasteiger partial charge is 0.471 e. The fourth-order valence-corrected chi connectivity index (χ4v) is 3.54. The van der Waals surface area contributed by atoms with Gasteiger partial charge in [0.1, 0.15) is 24.4 Å². The molecule has 2 heterocycles. The zero-order chi connectivity index (χ0) is 22.6. The minimum atomic E-state index is -1.70. The number of methoxy groups -OCH3 is 2. The number of hydrogen-bond acceptors (Lipinski definition) is 12. The minimum Gasteiger partial charge on any atom is -0.471 e. The van der Waals surface area contributed by atoms with Crippen molar-refractivity contribution in [2.24, 2.45) is 11.8 Å². The molecule has 2 aliphatic heterocycles. The molecule has 2 aliphatic rings. The summed E-state index contributed by atoms with van der Waals surface area (Å²) in [4.78, 5) is 24.0. The van der Waals surface area contributed by atoms with E-state index < -0.39 is 73.5 Å². The van der Waals surface area contributed by atoms with Crippen LogP contribution in [0.4, 0.5) is 0 Å². The van der Waals surface area contributed by atoms with Crippen LogP contribution in [0.1, 0.15) is 13.3 Å². The molecule has 9 atom stereocenters. The number of rotatable bonds is 7. The number of aliphatic hydroxyl groups is 5. The van der Waals surface area contributed by atoms with Crippen LogP contribution in [-0.4, -0.2) is 101 Å². The highest BCUT2D eigenvalue weighted by Crippen LogP contribution is 2.38. The molecular weight excluding hydrogens is 408 g/mol. The van der Waals surface area contributed by atoms with Gasteiger partial charge in [0.15, 0.2) is 6.29 Å². The quantitative estimate of drug-likeness (QED) is 0.263. The van der Waals surface area contributed by atoms with Crippen molar-refractivity contribution in [2.45, 2.75) is 56.4 Å². The molecular formula is C18H28O12. The predicted molar refractivity (Wildman–Crippen MR) is 95.1 cm³/mol. The summed E-state index contributed by atoms with van der Waals surface area (Å²) in [6.45, 7) is 0.732. The third kappa shape index (κ3) is 5.09. The van der Waals surface area contributed by atoms with Crippen LogP contribution in [0.3, 0.4) is 0 Å². The summed E-state index contributed by atoms with van der Waals surface area (Å²) >= 11 is 0. The van der Waals surface area contributed by atoms with Crippen molar-refractivity contribution >= 4 is 11.9 Å². The molecule has 12 heteroatoms. The van der Waals surface area contributed by atoms with Gasteiger partial charge in [0.25, 0.3) is 0 Å². The topological polar surface area (TPSA) is 181 Å². The average Bonchev–Trinajstić information content (AvgIpc) is 2.73. The second kappa shape index (κ2) is 10.5. The Morgan fingerprint density at radius 2 is 1.77 bits per heavy atom. The molecule has 0 radical (unpaired) electrons. The summed E-state index contributed by atoms with van der Waals surface area (Å²) in [5.41, 5.74) is -0.0255. The van der Waals surface area contributed by atoms with Gasteiger partial charge in [-0.3, -0.25) is 4.79 Å². The molecule has 0 aromatic carbocycles. The number of ether oxygens (including phenoxy) is 5. The minimum absolute atomic E-state index is 0.0255. The Hall–Kier alpha value is -1.80. The highest BCUT2D eigenvalue weighted by molar-refractivity contribution is 5.89. The normalized spacial score (nSPS) is 37.5. The molecule has 1 fully saturated rings. The van der Waals surface area contributed by atoms with Crippen LogP contribution in [0.5, 0.6) is 0 Å². The summed E-state index contributed by atoms with van der Waals surface area (Å²) < 4.78 is 25.7. The highest BCUT2D eigenvalue weighted by Gasteiger charge is 2.49. The SMILES string of the molecule is COC(=O)CC1C(C(=O)OC)=COC(OC2OC(CO)C(O)C(O)C2O)C1C(C)O. The lowest BCUT2D eigenvalue weighted by Crippen LogP contribution is -2.60. The Bertz CT molecular complexity index is 633. The number of carbonyl (C=O) groups excluding carboxylic acids is 2. The molecule has 30 heavy (non-hydrogen) atoms. The van der Waals surface area contributed by atoms with E-state index in [9.17, 15) is 35.1 Å². The van der Waals surface area contributed by atoms with E-state index in [0.717, 1.165) is 13.4 Å². The Morgan fingerprint density at radius 3 is 2.30 bits per heavy atom. The first-order valence-corrected chi connectivity index (χ1v) is 9.30. The second-order valence-electron chi connectivity index (χ2n) is 7.11. The van der Waals surface area contributed by atoms with Crippen molar-refractivity contribution < 1.29 is 58.8 Å². The van der Waals surface area contributed by atoms with Gasteiger partial charge in [-0.05, 0) is 6.92 Å². The van der Waals surface area contributed by atoms with E-state index in [1.807, 2.05) is 0 Å². The van der Waals surface area contributed by atoms with Crippen LogP contribution >= 0.6 is 0 Å². The van der Waals surface area contributed by atoms with Crippen LogP contribution in [0.15, 0.2) is 11.8 Å². The van der Waals surface area contributed by atoms with Crippen LogP contribution in [0.2, 0.25) is 0 Å². The van der Waals surface area contributed by atoms with E-state index in [2.05, 4.69) is 4.74 Å². The van der Waals surface area contributed by atoms with Crippen molar-refractivity contribution in [3.8, 4) is 0 Å². The Balaban J connectivity index is 2.31. The lowest BCUT2D eigenvalue weighted by molar-refractivity contribution is -0.344. The Kier molecular flexibility index (Phi) is 8.55. The highest BCUT2D eigenvalue weighted by atomic mass is 16.8. The first-order valence-electron chi connectivity index (χ1n) is 9.30. The molecule has 0 aromatic heterocycles. The van der Waals surface area contributed by atoms with Crippen molar-refractivity contribution in [3.63, 3.8) is 0 Å². The fraction of sp³-hybridized carbons (Fsp3) is 0.778. The standard InChI is InChI=1S/C18H28O12/c1-7(20)12-8(4-11(21)26-2)9(16(25)27-3)6-28-17(12)30-18-15(24)14(23)13(22)10(5-19)29-18/h6-8,10,12-15,17-20,22-24H,4-5H2,1-3H3. The van der Waals surface area contributed by atoms with Crippen LogP contribution < -0.4 is 0 Å². The fourth-order valence-electron chi connectivity index (χ4n) is 3.54. The molecule has 172 valence electrons. The van der Waals surface area contributed by atoms with Crippen molar-refractivity contribution in [1.29, 1.82) is 0 Å². The van der Waals surface area contributed by atoms with Gasteiger partial charge < -0.3 is 49.2 Å². The maximum absolute atomic E-state index is 12.1. The van der Waals surface area contributed by atoms with Gasteiger partial charge in [0.2, 0.25) is 6.29 Å². The summed E-state index contributed by atoms with van der Waals surface area (Å²) in [7, 11) is 2.31. The van der Waals surface area contributed by atoms with Gasteiger partial charge in [-0.25, -0.2) is 4.79 Å². The molecule has 0 saturated carbocycles. The second-order valence-corrected chi connectivity index (χ2v) is 7.11. The van der Waals surface area contributed by atoms with Gasteiger partial charge in [-0.2, -0.15) is 0 Å². The molecule has 2 rings (SSSR count). The zero-order valence-electron chi connectivity index (χ0n) is 16.8. The summed E-state index contributed by atoms with van der Waals surface area (Å²) in [6.07, 6.45) is -9.49. The molecule has 0 aliphatic carbocycles. The molecule has 0 spiro atoms. The summed E-state index contributed by atoms with van der Waals surface area (Å²) in [5, 5.41) is 49.6. The summed E-state index contributed by atoms with van der Waals surface area (Å²) in [6, 6.07) is 0. The molecule has 0 amide bonds. The first-order chi connectivity index (χ1) is 14.2. The van der Waals surface area contributed by atoms with Crippen molar-refractivity contribution in [2.75, 3.05) is 20.8 Å². The van der Waals surface area contributed by atoms with Crippen LogP contribution in [-0.2, 0) is 33.3 Å². The smallest absolute Gasteiger partial charge is 0.337 e. The Morgan fingerprint density at radius 1 is 1.10 bits per heavy atom. The third-order valence-corrected chi connectivity index (χ3v) is 5.22. The van der Waals surface area contributed by atoms with E-state index in [1.165, 1.54) is 14.0 Å². The number of aliphatic hydroxyl groups excluding tert-OH is 5. The maximum atomic E-state index is 12.1. The maximum Gasteiger partial charge on any atom is 0.337 e. The number of esters is 2. The lowest BCUT2D eigenvalue weighted by Gasteiger charge is -2.44. The van der Waals surface area contributed by atoms with E-state index in [4.69, 9.17) is 18.9 Å². The lowest BCUT2D eigenvalue weighted by atomic mass is 9.78. The van der Waals surface area contributed by atoms with E-state index in [1.54, 1.807) is 0 Å². The molecule has 9 unspecified atom stereocenters. The van der Waals surface area contributed by atoms with Crippen molar-refractivity contribution in [3.05, 3.63) is 11.8 Å². The van der Waals surface area contributed by atoms with Gasteiger partial charge in [-0.1, -0.05) is 0 Å².